The zero-order valence-electron chi connectivity index (χ0n) is 33.7. The highest BCUT2D eigenvalue weighted by molar-refractivity contribution is 7.46. The van der Waals surface area contributed by atoms with E-state index in [1.165, 1.54) is 128 Å². The number of ether oxygens (including phenoxy) is 2. The second-order valence-corrected chi connectivity index (χ2v) is 15.9. The van der Waals surface area contributed by atoms with Crippen molar-refractivity contribution < 1.29 is 37.9 Å². The highest BCUT2D eigenvalue weighted by Crippen LogP contribution is 2.36. The van der Waals surface area contributed by atoms with Crippen molar-refractivity contribution in [2.75, 3.05) is 13.2 Å². The molecule has 1 atom stereocenters. The quantitative estimate of drug-likeness (QED) is 0.0274. The number of carbonyl (C=O) groups excluding carboxylic acids is 2. The lowest BCUT2D eigenvalue weighted by Gasteiger charge is -2.18. The van der Waals surface area contributed by atoms with Crippen LogP contribution in [0.1, 0.15) is 219 Å². The predicted molar refractivity (Wildman–Crippen MR) is 216 cm³/mol. The van der Waals surface area contributed by atoms with Crippen LogP contribution in [0.15, 0.2) is 24.3 Å². The van der Waals surface area contributed by atoms with Crippen molar-refractivity contribution in [2.24, 2.45) is 0 Å². The number of rotatable bonds is 40. The average molecular weight is 757 g/mol. The first-order valence-electron chi connectivity index (χ1n) is 21.6. The van der Waals surface area contributed by atoms with E-state index in [4.69, 9.17) is 19.3 Å². The van der Waals surface area contributed by atoms with Crippen molar-refractivity contribution in [2.45, 2.75) is 225 Å². The summed E-state index contributed by atoms with van der Waals surface area (Å²) in [7, 11) is -4.76. The van der Waals surface area contributed by atoms with Gasteiger partial charge in [-0.15, -0.1) is 0 Å². The number of allylic oxidation sites excluding steroid dienone is 4. The van der Waals surface area contributed by atoms with Gasteiger partial charge in [-0.1, -0.05) is 179 Å². The number of hydrogen-bond donors (Lipinski definition) is 2. The van der Waals surface area contributed by atoms with E-state index in [1.54, 1.807) is 0 Å². The van der Waals surface area contributed by atoms with Gasteiger partial charge in [-0.25, -0.2) is 4.57 Å². The average Bonchev–Trinajstić information content (AvgIpc) is 3.11. The molecule has 2 N–H and O–H groups in total. The van der Waals surface area contributed by atoms with Gasteiger partial charge in [0, 0.05) is 12.8 Å². The summed E-state index contributed by atoms with van der Waals surface area (Å²) in [5.74, 6) is -0.927. The highest BCUT2D eigenvalue weighted by atomic mass is 31.2. The van der Waals surface area contributed by atoms with Gasteiger partial charge >= 0.3 is 19.8 Å². The van der Waals surface area contributed by atoms with Gasteiger partial charge in [0.2, 0.25) is 0 Å². The molecule has 0 heterocycles. The Hall–Kier alpha value is -1.47. The van der Waals surface area contributed by atoms with E-state index >= 15 is 0 Å². The molecule has 0 unspecified atom stereocenters. The molecule has 52 heavy (non-hydrogen) atoms. The first-order valence-corrected chi connectivity index (χ1v) is 23.2. The summed E-state index contributed by atoms with van der Waals surface area (Å²) in [6.45, 7) is 3.63. The van der Waals surface area contributed by atoms with Crippen molar-refractivity contribution >= 4 is 19.8 Å². The van der Waals surface area contributed by atoms with Gasteiger partial charge in [0.1, 0.15) is 6.61 Å². The molecule has 0 rings (SSSR count). The number of carbonyl (C=O) groups is 2. The van der Waals surface area contributed by atoms with Gasteiger partial charge in [0.05, 0.1) is 6.61 Å². The van der Waals surface area contributed by atoms with Crippen LogP contribution in [-0.2, 0) is 28.2 Å². The molecule has 0 radical (unpaired) electrons. The molecule has 0 aliphatic carbocycles. The zero-order valence-corrected chi connectivity index (χ0v) is 34.6. The number of hydrogen-bond acceptors (Lipinski definition) is 6. The SMILES string of the molecule is CCCC/C=C/CCCCCCCC(=O)OC[C@H](COP(=O)(O)O)OC(=O)CCC/C=C/CCCCCCCCCCCCCCCCCCCC. The number of esters is 2. The molecule has 306 valence electrons. The molecule has 0 bridgehead atoms. The molecule has 0 spiro atoms. The third-order valence-electron chi connectivity index (χ3n) is 9.44. The van der Waals surface area contributed by atoms with E-state index in [2.05, 4.69) is 42.7 Å². The first-order chi connectivity index (χ1) is 25.3. The Bertz CT molecular complexity index is 900. The maximum absolute atomic E-state index is 12.4. The van der Waals surface area contributed by atoms with Gasteiger partial charge in [0.25, 0.3) is 0 Å². The van der Waals surface area contributed by atoms with Crippen LogP contribution in [0.5, 0.6) is 0 Å². The monoisotopic (exact) mass is 757 g/mol. The van der Waals surface area contributed by atoms with Crippen molar-refractivity contribution in [1.29, 1.82) is 0 Å². The third-order valence-corrected chi connectivity index (χ3v) is 9.93. The zero-order chi connectivity index (χ0) is 38.2. The van der Waals surface area contributed by atoms with Crippen LogP contribution in [0, 0.1) is 0 Å². The highest BCUT2D eigenvalue weighted by Gasteiger charge is 2.22. The van der Waals surface area contributed by atoms with Crippen LogP contribution in [0.3, 0.4) is 0 Å². The second kappa shape index (κ2) is 39.2. The Morgan fingerprint density at radius 1 is 0.481 bits per heavy atom. The predicted octanol–water partition coefficient (Wildman–Crippen LogP) is 13.2. The van der Waals surface area contributed by atoms with Crippen LogP contribution in [0.25, 0.3) is 0 Å². The maximum atomic E-state index is 12.4. The molecule has 0 saturated heterocycles. The molecule has 0 amide bonds. The minimum atomic E-state index is -4.76. The molecule has 8 nitrogen and oxygen atoms in total. The van der Waals surface area contributed by atoms with Crippen LogP contribution < -0.4 is 0 Å². The third kappa shape index (κ3) is 41.3. The fourth-order valence-electron chi connectivity index (χ4n) is 6.18. The summed E-state index contributed by atoms with van der Waals surface area (Å²) in [5, 5.41) is 0. The molecule has 0 aromatic heterocycles. The Morgan fingerprint density at radius 2 is 0.846 bits per heavy atom. The topological polar surface area (TPSA) is 119 Å². The van der Waals surface area contributed by atoms with Gasteiger partial charge in [-0.05, 0) is 51.4 Å². The number of phosphoric acid groups is 1. The molecule has 9 heteroatoms. The van der Waals surface area contributed by atoms with Crippen LogP contribution >= 0.6 is 7.82 Å². The van der Waals surface area contributed by atoms with Gasteiger partial charge in [0.15, 0.2) is 6.10 Å². The van der Waals surface area contributed by atoms with Gasteiger partial charge in [-0.3, -0.25) is 14.1 Å². The Balaban J connectivity index is 3.85. The van der Waals surface area contributed by atoms with E-state index in [0.717, 1.165) is 51.4 Å². The summed E-state index contributed by atoms with van der Waals surface area (Å²) >= 11 is 0. The first kappa shape index (κ1) is 50.5. The molecule has 0 aliphatic heterocycles. The largest absolute Gasteiger partial charge is 0.469 e. The summed E-state index contributed by atoms with van der Waals surface area (Å²) in [6.07, 6.45) is 45.0. The van der Waals surface area contributed by atoms with Crippen molar-refractivity contribution in [3.63, 3.8) is 0 Å². The molecular formula is C43H81O8P. The Labute approximate surface area is 319 Å². The number of unbranched alkanes of at least 4 members (excludes halogenated alkanes) is 26. The minimum Gasteiger partial charge on any atom is -0.462 e. The summed E-state index contributed by atoms with van der Waals surface area (Å²) < 4.78 is 26.3. The molecule has 0 saturated carbocycles. The molecular weight excluding hydrogens is 675 g/mol. The van der Waals surface area contributed by atoms with Gasteiger partial charge < -0.3 is 19.3 Å². The van der Waals surface area contributed by atoms with Crippen LogP contribution in [0.2, 0.25) is 0 Å². The molecule has 0 aliphatic rings. The molecule has 0 aromatic rings. The number of phosphoric ester groups is 1. The summed E-state index contributed by atoms with van der Waals surface area (Å²) in [4.78, 5) is 42.7. The fourth-order valence-corrected chi connectivity index (χ4v) is 6.54. The lowest BCUT2D eigenvalue weighted by molar-refractivity contribution is -0.161. The molecule has 0 fully saturated rings. The Morgan fingerprint density at radius 3 is 1.29 bits per heavy atom. The van der Waals surface area contributed by atoms with Gasteiger partial charge in [-0.2, -0.15) is 0 Å². The second-order valence-electron chi connectivity index (χ2n) is 14.7. The standard InChI is InChI=1S/C43H81O8P/c1-3-5-7-9-11-13-15-16-17-18-19-20-21-22-23-24-25-26-28-30-32-34-36-38-43(45)51-41(40-50-52(46,47)48)39-49-42(44)37-35-33-31-29-27-14-12-10-8-6-4-2/h10,12,30,32,41H,3-9,11,13-29,31,33-40H2,1-2H3,(H2,46,47,48)/b12-10+,32-30+/t41-/m1/s1. The Kier molecular flexibility index (Phi) is 38.1. The summed E-state index contributed by atoms with van der Waals surface area (Å²) in [6, 6.07) is 0. The van der Waals surface area contributed by atoms with E-state index in [9.17, 15) is 14.2 Å². The van der Waals surface area contributed by atoms with Crippen LogP contribution in [-0.4, -0.2) is 41.0 Å². The van der Waals surface area contributed by atoms with E-state index in [0.29, 0.717) is 12.8 Å². The van der Waals surface area contributed by atoms with Crippen molar-refractivity contribution in [3.05, 3.63) is 24.3 Å². The normalized spacial score (nSPS) is 12.6. The fraction of sp³-hybridized carbons (Fsp3) is 0.860. The smallest absolute Gasteiger partial charge is 0.462 e. The van der Waals surface area contributed by atoms with E-state index < -0.39 is 32.5 Å². The molecule has 0 aromatic carbocycles. The van der Waals surface area contributed by atoms with E-state index in [1.807, 2.05) is 0 Å². The summed E-state index contributed by atoms with van der Waals surface area (Å²) in [5.41, 5.74) is 0. The minimum absolute atomic E-state index is 0.165. The lowest BCUT2D eigenvalue weighted by Crippen LogP contribution is -2.29. The van der Waals surface area contributed by atoms with Crippen molar-refractivity contribution in [3.8, 4) is 0 Å². The van der Waals surface area contributed by atoms with Crippen molar-refractivity contribution in [1.82, 2.24) is 0 Å². The lowest BCUT2D eigenvalue weighted by atomic mass is 10.0. The van der Waals surface area contributed by atoms with Crippen LogP contribution in [0.4, 0.5) is 0 Å². The van der Waals surface area contributed by atoms with E-state index in [-0.39, 0.29) is 19.4 Å². The maximum Gasteiger partial charge on any atom is 0.469 e.